The van der Waals surface area contributed by atoms with Gasteiger partial charge in [-0.25, -0.2) is 4.79 Å². The highest BCUT2D eigenvalue weighted by Crippen LogP contribution is 2.27. The summed E-state index contributed by atoms with van der Waals surface area (Å²) in [7, 11) is 0. The number of nitrogens with zero attached hydrogens (tertiary/aromatic N) is 1. The molecule has 3 N–H and O–H groups in total. The summed E-state index contributed by atoms with van der Waals surface area (Å²) in [5, 5.41) is 9.13. The summed E-state index contributed by atoms with van der Waals surface area (Å²) < 4.78 is 0. The average Bonchev–Trinajstić information content (AvgIpc) is 2.95. The maximum Gasteiger partial charge on any atom is 0.327 e. The van der Waals surface area contributed by atoms with Gasteiger partial charge in [0, 0.05) is 11.8 Å². The second-order valence-electron chi connectivity index (χ2n) is 4.89. The normalized spacial score (nSPS) is 21.5. The van der Waals surface area contributed by atoms with E-state index in [0.29, 0.717) is 11.6 Å². The Balaban J connectivity index is 2.10. The van der Waals surface area contributed by atoms with E-state index in [4.69, 9.17) is 10.8 Å². The zero-order valence-electron chi connectivity index (χ0n) is 11.2. The summed E-state index contributed by atoms with van der Waals surface area (Å²) in [5.74, 6) is -0.740. The number of carbonyl (C=O) groups is 2. The molecule has 1 heterocycles. The third-order valence-electron chi connectivity index (χ3n) is 3.56. The van der Waals surface area contributed by atoms with Gasteiger partial charge in [0.05, 0.1) is 11.8 Å². The number of aliphatic carboxylic acids is 1. The molecule has 1 fully saturated rings. The first kappa shape index (κ1) is 14.9. The molecular weight excluding hydrogens is 276 g/mol. The van der Waals surface area contributed by atoms with Gasteiger partial charge in [0.2, 0.25) is 5.91 Å². The van der Waals surface area contributed by atoms with Crippen molar-refractivity contribution in [1.29, 1.82) is 0 Å². The predicted octanol–water partition coefficient (Wildman–Crippen LogP) is 1.31. The van der Waals surface area contributed by atoms with Gasteiger partial charge in [0.25, 0.3) is 0 Å². The van der Waals surface area contributed by atoms with Crippen molar-refractivity contribution in [3.63, 3.8) is 0 Å². The molecule has 0 saturated carbocycles. The lowest BCUT2D eigenvalue weighted by Gasteiger charge is -2.27. The van der Waals surface area contributed by atoms with Crippen LogP contribution in [0.2, 0.25) is 0 Å². The van der Waals surface area contributed by atoms with Crippen LogP contribution in [-0.2, 0) is 9.59 Å². The molecule has 3 atom stereocenters. The predicted molar refractivity (Wildman–Crippen MR) is 78.1 cm³/mol. The standard InChI is InChI=1S/C14H18N2O3S/c1-9(12(15)10-5-3-2-4-6-10)13(17)16-8-20-7-11(16)14(18)19/h2-6,9,11-12H,7-8,15H2,1H3,(H,18,19)/t9?,11-,12?/m0/s1. The van der Waals surface area contributed by atoms with E-state index in [2.05, 4.69) is 0 Å². The number of carbonyl (C=O) groups excluding carboxylic acids is 1. The Morgan fingerprint density at radius 3 is 2.65 bits per heavy atom. The third kappa shape index (κ3) is 2.96. The van der Waals surface area contributed by atoms with Gasteiger partial charge < -0.3 is 15.7 Å². The highest BCUT2D eigenvalue weighted by Gasteiger charge is 2.37. The molecule has 1 aliphatic rings. The zero-order chi connectivity index (χ0) is 14.7. The van der Waals surface area contributed by atoms with Crippen LogP contribution in [0, 0.1) is 5.92 Å². The van der Waals surface area contributed by atoms with Crippen LogP contribution < -0.4 is 5.73 Å². The summed E-state index contributed by atoms with van der Waals surface area (Å²) >= 11 is 1.46. The van der Waals surface area contributed by atoms with Gasteiger partial charge in [-0.1, -0.05) is 37.3 Å². The number of amides is 1. The minimum absolute atomic E-state index is 0.196. The summed E-state index contributed by atoms with van der Waals surface area (Å²) in [4.78, 5) is 25.0. The third-order valence-corrected chi connectivity index (χ3v) is 4.58. The highest BCUT2D eigenvalue weighted by atomic mass is 32.2. The maximum atomic E-state index is 12.4. The van der Waals surface area contributed by atoms with Crippen LogP contribution >= 0.6 is 11.8 Å². The van der Waals surface area contributed by atoms with Crippen molar-refractivity contribution >= 4 is 23.6 Å². The van der Waals surface area contributed by atoms with Crippen LogP contribution in [0.3, 0.4) is 0 Å². The minimum Gasteiger partial charge on any atom is -0.480 e. The van der Waals surface area contributed by atoms with Gasteiger partial charge in [-0.15, -0.1) is 11.8 Å². The lowest BCUT2D eigenvalue weighted by Crippen LogP contribution is -2.46. The molecule has 6 heteroatoms. The van der Waals surface area contributed by atoms with E-state index in [1.165, 1.54) is 16.7 Å². The van der Waals surface area contributed by atoms with E-state index >= 15 is 0 Å². The molecule has 2 unspecified atom stereocenters. The first-order valence-corrected chi connectivity index (χ1v) is 7.59. The number of carboxylic acids is 1. The summed E-state index contributed by atoms with van der Waals surface area (Å²) in [6.07, 6.45) is 0. The van der Waals surface area contributed by atoms with Crippen molar-refractivity contribution in [3.05, 3.63) is 35.9 Å². The number of hydrogen-bond donors (Lipinski definition) is 2. The van der Waals surface area contributed by atoms with E-state index in [1.54, 1.807) is 6.92 Å². The molecule has 0 radical (unpaired) electrons. The lowest BCUT2D eigenvalue weighted by molar-refractivity contribution is -0.149. The lowest BCUT2D eigenvalue weighted by atomic mass is 9.94. The SMILES string of the molecule is CC(C(=O)N1CSC[C@H]1C(=O)O)C(N)c1ccccc1. The van der Waals surface area contributed by atoms with Crippen LogP contribution in [0.15, 0.2) is 30.3 Å². The maximum absolute atomic E-state index is 12.4. The molecule has 1 amide bonds. The van der Waals surface area contributed by atoms with Crippen molar-refractivity contribution in [3.8, 4) is 0 Å². The van der Waals surface area contributed by atoms with Crippen molar-refractivity contribution in [2.75, 3.05) is 11.6 Å². The van der Waals surface area contributed by atoms with Crippen molar-refractivity contribution < 1.29 is 14.7 Å². The molecule has 0 aliphatic carbocycles. The average molecular weight is 294 g/mol. The van der Waals surface area contributed by atoms with E-state index in [1.807, 2.05) is 30.3 Å². The second-order valence-corrected chi connectivity index (χ2v) is 5.89. The Labute approximate surface area is 122 Å². The molecule has 0 spiro atoms. The molecular formula is C14H18N2O3S. The monoisotopic (exact) mass is 294 g/mol. The Morgan fingerprint density at radius 2 is 2.05 bits per heavy atom. The van der Waals surface area contributed by atoms with E-state index in [0.717, 1.165) is 5.56 Å². The van der Waals surface area contributed by atoms with Crippen LogP contribution in [0.4, 0.5) is 0 Å². The second kappa shape index (κ2) is 6.28. The summed E-state index contributed by atoms with van der Waals surface area (Å²) in [6.45, 7) is 1.75. The Hall–Kier alpha value is -1.53. The van der Waals surface area contributed by atoms with Crippen molar-refractivity contribution in [1.82, 2.24) is 4.90 Å². The molecule has 1 aromatic carbocycles. The van der Waals surface area contributed by atoms with Gasteiger partial charge in [0.1, 0.15) is 6.04 Å². The summed E-state index contributed by atoms with van der Waals surface area (Å²) in [5.41, 5.74) is 7.01. The zero-order valence-corrected chi connectivity index (χ0v) is 12.0. The van der Waals surface area contributed by atoms with Gasteiger partial charge in [-0.05, 0) is 5.56 Å². The Morgan fingerprint density at radius 1 is 1.40 bits per heavy atom. The van der Waals surface area contributed by atoms with Crippen LogP contribution in [0.1, 0.15) is 18.5 Å². The smallest absolute Gasteiger partial charge is 0.327 e. The van der Waals surface area contributed by atoms with E-state index in [-0.39, 0.29) is 5.91 Å². The molecule has 1 saturated heterocycles. The van der Waals surface area contributed by atoms with E-state index in [9.17, 15) is 9.59 Å². The molecule has 0 aromatic heterocycles. The van der Waals surface area contributed by atoms with Gasteiger partial charge in [-0.2, -0.15) is 0 Å². The van der Waals surface area contributed by atoms with E-state index < -0.39 is 24.0 Å². The molecule has 1 aromatic rings. The fraction of sp³-hybridized carbons (Fsp3) is 0.429. The summed E-state index contributed by atoms with van der Waals surface area (Å²) in [6, 6.07) is 8.22. The largest absolute Gasteiger partial charge is 0.480 e. The molecule has 1 aliphatic heterocycles. The Kier molecular flexibility index (Phi) is 4.67. The van der Waals surface area contributed by atoms with Crippen LogP contribution in [-0.4, -0.2) is 39.6 Å². The number of thioether (sulfide) groups is 1. The highest BCUT2D eigenvalue weighted by molar-refractivity contribution is 7.99. The quantitative estimate of drug-likeness (QED) is 0.874. The number of nitrogens with two attached hydrogens (primary N) is 1. The van der Waals surface area contributed by atoms with Gasteiger partial charge in [0.15, 0.2) is 0 Å². The first-order valence-electron chi connectivity index (χ1n) is 6.44. The van der Waals surface area contributed by atoms with Crippen molar-refractivity contribution in [2.45, 2.75) is 19.0 Å². The molecule has 0 bridgehead atoms. The Bertz CT molecular complexity index is 494. The fourth-order valence-corrected chi connectivity index (χ4v) is 3.40. The number of hydrogen-bond acceptors (Lipinski definition) is 4. The minimum atomic E-state index is -0.955. The molecule has 108 valence electrons. The molecule has 5 nitrogen and oxygen atoms in total. The first-order chi connectivity index (χ1) is 9.52. The van der Waals surface area contributed by atoms with Crippen molar-refractivity contribution in [2.24, 2.45) is 11.7 Å². The molecule has 2 rings (SSSR count). The van der Waals surface area contributed by atoms with Gasteiger partial charge in [-0.3, -0.25) is 4.79 Å². The number of carboxylic acid groups (broad SMARTS) is 1. The fourth-order valence-electron chi connectivity index (χ4n) is 2.24. The molecule has 20 heavy (non-hydrogen) atoms. The number of rotatable bonds is 4. The van der Waals surface area contributed by atoms with Gasteiger partial charge >= 0.3 is 5.97 Å². The number of benzene rings is 1. The topological polar surface area (TPSA) is 83.6 Å². The van der Waals surface area contributed by atoms with Crippen LogP contribution in [0.25, 0.3) is 0 Å². The van der Waals surface area contributed by atoms with Crippen LogP contribution in [0.5, 0.6) is 0 Å².